The second kappa shape index (κ2) is 6.14. The Labute approximate surface area is 97.8 Å². The summed E-state index contributed by atoms with van der Waals surface area (Å²) in [5, 5.41) is 4.42. The first kappa shape index (κ1) is 12.5. The van der Waals surface area contributed by atoms with Gasteiger partial charge in [0.15, 0.2) is 0 Å². The Bertz CT molecular complexity index is 298. The second-order valence-corrected chi connectivity index (χ2v) is 4.43. The molecule has 0 fully saturated rings. The van der Waals surface area contributed by atoms with E-state index in [4.69, 9.17) is 11.6 Å². The molecule has 15 heavy (non-hydrogen) atoms. The summed E-state index contributed by atoms with van der Waals surface area (Å²) in [5.41, 5.74) is 1.28. The van der Waals surface area contributed by atoms with Crippen LogP contribution in [0.2, 0.25) is 5.02 Å². The zero-order chi connectivity index (χ0) is 11.3. The van der Waals surface area contributed by atoms with Gasteiger partial charge >= 0.3 is 0 Å². The third kappa shape index (κ3) is 3.84. The molecule has 0 bridgehead atoms. The van der Waals surface area contributed by atoms with Crippen LogP contribution >= 0.6 is 11.6 Å². The smallest absolute Gasteiger partial charge is 0.0409 e. The molecular formula is C13H20ClN. The first-order valence-corrected chi connectivity index (χ1v) is 6.06. The van der Waals surface area contributed by atoms with Crippen LogP contribution in [-0.2, 0) is 0 Å². The summed E-state index contributed by atoms with van der Waals surface area (Å²) in [7, 11) is 0. The molecule has 0 spiro atoms. The molecule has 0 unspecified atom stereocenters. The highest BCUT2D eigenvalue weighted by Gasteiger charge is 2.11. The van der Waals surface area contributed by atoms with Crippen molar-refractivity contribution in [2.24, 2.45) is 0 Å². The number of hydrogen-bond donors (Lipinski definition) is 1. The predicted molar refractivity (Wildman–Crippen MR) is 67.4 cm³/mol. The number of benzene rings is 1. The molecule has 84 valence electrons. The Hall–Kier alpha value is -0.530. The van der Waals surface area contributed by atoms with Crippen molar-refractivity contribution in [1.29, 1.82) is 0 Å². The zero-order valence-electron chi connectivity index (χ0n) is 9.76. The van der Waals surface area contributed by atoms with E-state index in [1.54, 1.807) is 0 Å². The summed E-state index contributed by atoms with van der Waals surface area (Å²) in [4.78, 5) is 0. The first-order valence-electron chi connectivity index (χ1n) is 5.68. The quantitative estimate of drug-likeness (QED) is 0.793. The lowest BCUT2D eigenvalue weighted by Crippen LogP contribution is -2.29. The fourth-order valence-corrected chi connectivity index (χ4v) is 1.83. The van der Waals surface area contributed by atoms with Crippen molar-refractivity contribution in [3.63, 3.8) is 0 Å². The maximum atomic E-state index is 5.99. The fourth-order valence-electron chi connectivity index (χ4n) is 1.63. The van der Waals surface area contributed by atoms with E-state index in [1.807, 2.05) is 18.2 Å². The summed E-state index contributed by atoms with van der Waals surface area (Å²) in [6, 6.07) is 9.08. The van der Waals surface area contributed by atoms with E-state index in [-0.39, 0.29) is 0 Å². The molecule has 0 saturated carbocycles. The Morgan fingerprint density at radius 1 is 1.27 bits per heavy atom. The topological polar surface area (TPSA) is 12.0 Å². The SMILES string of the molecule is CC[C@@H](C)N[C@@H](CC)c1cccc(Cl)c1. The molecule has 0 saturated heterocycles. The normalized spacial score (nSPS) is 14.9. The molecule has 1 rings (SSSR count). The van der Waals surface area contributed by atoms with Crippen LogP contribution in [0.4, 0.5) is 0 Å². The molecular weight excluding hydrogens is 206 g/mol. The number of hydrogen-bond acceptors (Lipinski definition) is 1. The average Bonchev–Trinajstić information content (AvgIpc) is 2.25. The standard InChI is InChI=1S/C13H20ClN/c1-4-10(3)15-13(5-2)11-7-6-8-12(14)9-11/h6-10,13,15H,4-5H2,1-3H3/t10-,13+/m1/s1. The van der Waals surface area contributed by atoms with Crippen LogP contribution in [0.15, 0.2) is 24.3 Å². The third-order valence-electron chi connectivity index (χ3n) is 2.76. The molecule has 0 aliphatic heterocycles. The van der Waals surface area contributed by atoms with Gasteiger partial charge in [0.05, 0.1) is 0 Å². The molecule has 1 aromatic rings. The maximum Gasteiger partial charge on any atom is 0.0409 e. The largest absolute Gasteiger partial charge is 0.307 e. The van der Waals surface area contributed by atoms with E-state index < -0.39 is 0 Å². The van der Waals surface area contributed by atoms with Gasteiger partial charge in [-0.2, -0.15) is 0 Å². The van der Waals surface area contributed by atoms with Gasteiger partial charge in [-0.3, -0.25) is 0 Å². The molecule has 1 aromatic carbocycles. The molecule has 1 nitrogen and oxygen atoms in total. The lowest BCUT2D eigenvalue weighted by molar-refractivity contribution is 0.437. The van der Waals surface area contributed by atoms with Gasteiger partial charge in [0, 0.05) is 17.1 Å². The molecule has 1 N–H and O–H groups in total. The van der Waals surface area contributed by atoms with Crippen molar-refractivity contribution in [1.82, 2.24) is 5.32 Å². The highest BCUT2D eigenvalue weighted by Crippen LogP contribution is 2.21. The van der Waals surface area contributed by atoms with Gasteiger partial charge in [-0.25, -0.2) is 0 Å². The lowest BCUT2D eigenvalue weighted by Gasteiger charge is -2.22. The molecule has 0 heterocycles. The van der Waals surface area contributed by atoms with E-state index in [0.29, 0.717) is 12.1 Å². The highest BCUT2D eigenvalue weighted by atomic mass is 35.5. The van der Waals surface area contributed by atoms with Crippen LogP contribution in [0.1, 0.15) is 45.2 Å². The third-order valence-corrected chi connectivity index (χ3v) is 2.99. The first-order chi connectivity index (χ1) is 7.17. The number of nitrogens with one attached hydrogen (secondary N) is 1. The minimum Gasteiger partial charge on any atom is -0.307 e. The van der Waals surface area contributed by atoms with Crippen LogP contribution < -0.4 is 5.32 Å². The Balaban J connectivity index is 2.73. The molecule has 0 amide bonds. The van der Waals surface area contributed by atoms with Gasteiger partial charge in [-0.1, -0.05) is 37.6 Å². The summed E-state index contributed by atoms with van der Waals surface area (Å²) >= 11 is 5.99. The Kier molecular flexibility index (Phi) is 5.13. The van der Waals surface area contributed by atoms with Crippen molar-refractivity contribution in [2.75, 3.05) is 0 Å². The maximum absolute atomic E-state index is 5.99. The van der Waals surface area contributed by atoms with E-state index >= 15 is 0 Å². The molecule has 0 aliphatic rings. The number of rotatable bonds is 5. The summed E-state index contributed by atoms with van der Waals surface area (Å²) in [6.45, 7) is 6.61. The molecule has 0 aliphatic carbocycles. The van der Waals surface area contributed by atoms with Gasteiger partial charge in [0.2, 0.25) is 0 Å². The van der Waals surface area contributed by atoms with Gasteiger partial charge in [-0.05, 0) is 37.5 Å². The van der Waals surface area contributed by atoms with Crippen molar-refractivity contribution in [3.8, 4) is 0 Å². The van der Waals surface area contributed by atoms with E-state index in [9.17, 15) is 0 Å². The summed E-state index contributed by atoms with van der Waals surface area (Å²) in [5.74, 6) is 0. The van der Waals surface area contributed by atoms with Gasteiger partial charge < -0.3 is 5.32 Å². The van der Waals surface area contributed by atoms with Crippen molar-refractivity contribution >= 4 is 11.6 Å². The molecule has 0 aromatic heterocycles. The Morgan fingerprint density at radius 2 is 2.00 bits per heavy atom. The van der Waals surface area contributed by atoms with Crippen molar-refractivity contribution < 1.29 is 0 Å². The van der Waals surface area contributed by atoms with E-state index in [0.717, 1.165) is 17.9 Å². The van der Waals surface area contributed by atoms with E-state index in [1.165, 1.54) is 5.56 Å². The number of halogens is 1. The summed E-state index contributed by atoms with van der Waals surface area (Å²) < 4.78 is 0. The highest BCUT2D eigenvalue weighted by molar-refractivity contribution is 6.30. The molecule has 2 atom stereocenters. The van der Waals surface area contributed by atoms with Crippen LogP contribution in [0.3, 0.4) is 0 Å². The predicted octanol–water partition coefficient (Wildman–Crippen LogP) is 4.18. The lowest BCUT2D eigenvalue weighted by atomic mass is 10.0. The molecule has 0 radical (unpaired) electrons. The van der Waals surface area contributed by atoms with Crippen molar-refractivity contribution in [3.05, 3.63) is 34.9 Å². The van der Waals surface area contributed by atoms with Crippen LogP contribution in [-0.4, -0.2) is 6.04 Å². The van der Waals surface area contributed by atoms with Crippen LogP contribution in [0, 0.1) is 0 Å². The zero-order valence-corrected chi connectivity index (χ0v) is 10.5. The van der Waals surface area contributed by atoms with Gasteiger partial charge in [0.1, 0.15) is 0 Å². The van der Waals surface area contributed by atoms with Gasteiger partial charge in [0.25, 0.3) is 0 Å². The monoisotopic (exact) mass is 225 g/mol. The van der Waals surface area contributed by atoms with E-state index in [2.05, 4.69) is 32.2 Å². The van der Waals surface area contributed by atoms with Crippen LogP contribution in [0.25, 0.3) is 0 Å². The minimum atomic E-state index is 0.415. The molecule has 2 heteroatoms. The van der Waals surface area contributed by atoms with Crippen LogP contribution in [0.5, 0.6) is 0 Å². The average molecular weight is 226 g/mol. The second-order valence-electron chi connectivity index (χ2n) is 3.99. The van der Waals surface area contributed by atoms with Crippen molar-refractivity contribution in [2.45, 2.75) is 45.7 Å². The minimum absolute atomic E-state index is 0.415. The summed E-state index contributed by atoms with van der Waals surface area (Å²) in [6.07, 6.45) is 2.24. The van der Waals surface area contributed by atoms with Gasteiger partial charge in [-0.15, -0.1) is 0 Å². The Morgan fingerprint density at radius 3 is 2.53 bits per heavy atom. The fraction of sp³-hybridized carbons (Fsp3) is 0.538.